The molecule has 0 unspecified atom stereocenters. The minimum Gasteiger partial charge on any atom is -0.508 e. The first-order valence-electron chi connectivity index (χ1n) is 5.89. The fraction of sp³-hybridized carbons (Fsp3) is 0.0667. The number of nitriles is 1. The van der Waals surface area contributed by atoms with Crippen LogP contribution in [0.25, 0.3) is 0 Å². The van der Waals surface area contributed by atoms with Gasteiger partial charge in [0.05, 0.1) is 17.2 Å². The number of aromatic hydroxyl groups is 1. The molecule has 0 aliphatic heterocycles. The van der Waals surface area contributed by atoms with E-state index in [1.165, 1.54) is 23.1 Å². The lowest BCUT2D eigenvalue weighted by molar-refractivity contribution is 0.0993. The zero-order chi connectivity index (χ0) is 14.7. The number of carbonyl (C=O) groups is 1. The Morgan fingerprint density at radius 3 is 2.50 bits per heavy atom. The molecule has 0 aromatic heterocycles. The SMILES string of the molecule is CN(C(=O)c1cc(O)ccc1N)c1ccc(C#N)cc1. The van der Waals surface area contributed by atoms with Crippen LogP contribution in [-0.4, -0.2) is 18.1 Å². The van der Waals surface area contributed by atoms with Gasteiger partial charge in [-0.15, -0.1) is 0 Å². The van der Waals surface area contributed by atoms with E-state index in [0.717, 1.165) is 0 Å². The van der Waals surface area contributed by atoms with Crippen LogP contribution in [0.5, 0.6) is 5.75 Å². The molecule has 5 heteroatoms. The number of hydrogen-bond donors (Lipinski definition) is 2. The van der Waals surface area contributed by atoms with Crippen molar-refractivity contribution < 1.29 is 9.90 Å². The lowest BCUT2D eigenvalue weighted by Gasteiger charge is -2.18. The zero-order valence-corrected chi connectivity index (χ0v) is 10.9. The third kappa shape index (κ3) is 2.54. The maximum Gasteiger partial charge on any atom is 0.260 e. The number of carbonyl (C=O) groups excluding carboxylic acids is 1. The summed E-state index contributed by atoms with van der Waals surface area (Å²) in [6.07, 6.45) is 0. The van der Waals surface area contributed by atoms with Gasteiger partial charge in [0.2, 0.25) is 0 Å². The first kappa shape index (κ1) is 13.4. The second-order valence-corrected chi connectivity index (χ2v) is 4.29. The first-order valence-corrected chi connectivity index (χ1v) is 5.89. The van der Waals surface area contributed by atoms with Crippen LogP contribution in [0.2, 0.25) is 0 Å². The van der Waals surface area contributed by atoms with Gasteiger partial charge in [-0.2, -0.15) is 5.26 Å². The van der Waals surface area contributed by atoms with Crippen LogP contribution < -0.4 is 10.6 Å². The van der Waals surface area contributed by atoms with Crippen LogP contribution in [0, 0.1) is 11.3 Å². The Labute approximate surface area is 116 Å². The Morgan fingerprint density at radius 1 is 1.25 bits per heavy atom. The fourth-order valence-corrected chi connectivity index (χ4v) is 1.79. The third-order valence-electron chi connectivity index (χ3n) is 2.96. The van der Waals surface area contributed by atoms with Crippen molar-refractivity contribution in [3.05, 3.63) is 53.6 Å². The van der Waals surface area contributed by atoms with Crippen LogP contribution >= 0.6 is 0 Å². The van der Waals surface area contributed by atoms with Gasteiger partial charge in [-0.3, -0.25) is 4.79 Å². The highest BCUT2D eigenvalue weighted by atomic mass is 16.3. The van der Waals surface area contributed by atoms with E-state index in [1.54, 1.807) is 31.3 Å². The number of nitrogens with two attached hydrogens (primary N) is 1. The summed E-state index contributed by atoms with van der Waals surface area (Å²) in [6, 6.07) is 12.9. The summed E-state index contributed by atoms with van der Waals surface area (Å²) >= 11 is 0. The predicted molar refractivity (Wildman–Crippen MR) is 76.4 cm³/mol. The number of phenolic OH excluding ortho intramolecular Hbond substituents is 1. The van der Waals surface area contributed by atoms with E-state index in [2.05, 4.69) is 0 Å². The van der Waals surface area contributed by atoms with Crippen molar-refractivity contribution >= 4 is 17.3 Å². The number of amides is 1. The van der Waals surface area contributed by atoms with Gasteiger partial charge in [0, 0.05) is 18.4 Å². The van der Waals surface area contributed by atoms with E-state index in [0.29, 0.717) is 16.9 Å². The Bertz CT molecular complexity index is 687. The average molecular weight is 267 g/mol. The number of hydrogen-bond acceptors (Lipinski definition) is 4. The summed E-state index contributed by atoms with van der Waals surface area (Å²) in [6.45, 7) is 0. The Morgan fingerprint density at radius 2 is 1.90 bits per heavy atom. The number of benzene rings is 2. The maximum atomic E-state index is 12.3. The molecule has 0 saturated carbocycles. The molecule has 0 aliphatic carbocycles. The summed E-state index contributed by atoms with van der Waals surface area (Å²) in [7, 11) is 1.60. The van der Waals surface area contributed by atoms with Crippen molar-refractivity contribution in [1.29, 1.82) is 5.26 Å². The maximum absolute atomic E-state index is 12.3. The van der Waals surface area contributed by atoms with Gasteiger partial charge in [0.15, 0.2) is 0 Å². The van der Waals surface area contributed by atoms with Gasteiger partial charge < -0.3 is 15.7 Å². The van der Waals surface area contributed by atoms with E-state index in [-0.39, 0.29) is 17.2 Å². The fourth-order valence-electron chi connectivity index (χ4n) is 1.79. The molecular weight excluding hydrogens is 254 g/mol. The van der Waals surface area contributed by atoms with Crippen molar-refractivity contribution in [3.63, 3.8) is 0 Å². The molecule has 2 rings (SSSR count). The summed E-state index contributed by atoms with van der Waals surface area (Å²) in [4.78, 5) is 13.8. The van der Waals surface area contributed by atoms with Gasteiger partial charge in [-0.1, -0.05) is 0 Å². The van der Waals surface area contributed by atoms with Crippen molar-refractivity contribution in [2.45, 2.75) is 0 Å². The molecule has 1 amide bonds. The second kappa shape index (κ2) is 5.33. The molecule has 0 spiro atoms. The quantitative estimate of drug-likeness (QED) is 0.644. The molecule has 0 fully saturated rings. The monoisotopic (exact) mass is 267 g/mol. The molecule has 0 bridgehead atoms. The van der Waals surface area contributed by atoms with E-state index in [4.69, 9.17) is 11.0 Å². The molecule has 5 nitrogen and oxygen atoms in total. The van der Waals surface area contributed by atoms with Crippen molar-refractivity contribution in [1.82, 2.24) is 0 Å². The Kier molecular flexibility index (Phi) is 3.58. The van der Waals surface area contributed by atoms with Crippen molar-refractivity contribution in [2.75, 3.05) is 17.7 Å². The van der Waals surface area contributed by atoms with Crippen LogP contribution in [0.15, 0.2) is 42.5 Å². The van der Waals surface area contributed by atoms with E-state index >= 15 is 0 Å². The molecule has 0 heterocycles. The third-order valence-corrected chi connectivity index (χ3v) is 2.96. The highest BCUT2D eigenvalue weighted by Crippen LogP contribution is 2.22. The van der Waals surface area contributed by atoms with Gasteiger partial charge >= 0.3 is 0 Å². The molecule has 0 atom stereocenters. The number of rotatable bonds is 2. The van der Waals surface area contributed by atoms with Crippen LogP contribution in [0.4, 0.5) is 11.4 Å². The normalized spacial score (nSPS) is 9.80. The van der Waals surface area contributed by atoms with E-state index < -0.39 is 0 Å². The van der Waals surface area contributed by atoms with Gasteiger partial charge in [-0.25, -0.2) is 0 Å². The second-order valence-electron chi connectivity index (χ2n) is 4.29. The average Bonchev–Trinajstić information content (AvgIpc) is 2.48. The minimum atomic E-state index is -0.330. The number of anilines is 2. The molecule has 0 aliphatic rings. The van der Waals surface area contributed by atoms with Gasteiger partial charge in [-0.05, 0) is 42.5 Å². The summed E-state index contributed by atoms with van der Waals surface area (Å²) in [5, 5.41) is 18.2. The summed E-state index contributed by atoms with van der Waals surface area (Å²) in [5.74, 6) is -0.348. The van der Waals surface area contributed by atoms with Gasteiger partial charge in [0.25, 0.3) is 5.91 Å². The largest absolute Gasteiger partial charge is 0.508 e. The van der Waals surface area contributed by atoms with Crippen LogP contribution in [0.1, 0.15) is 15.9 Å². The molecule has 0 saturated heterocycles. The Balaban J connectivity index is 2.32. The first-order chi connectivity index (χ1) is 9.52. The topological polar surface area (TPSA) is 90.3 Å². The zero-order valence-electron chi connectivity index (χ0n) is 10.9. The van der Waals surface area contributed by atoms with E-state index in [9.17, 15) is 9.90 Å². The molecule has 100 valence electrons. The van der Waals surface area contributed by atoms with Crippen molar-refractivity contribution in [3.8, 4) is 11.8 Å². The van der Waals surface area contributed by atoms with E-state index in [1.807, 2.05) is 6.07 Å². The summed E-state index contributed by atoms with van der Waals surface area (Å²) in [5.41, 5.74) is 7.44. The van der Waals surface area contributed by atoms with Crippen molar-refractivity contribution in [2.24, 2.45) is 0 Å². The smallest absolute Gasteiger partial charge is 0.260 e. The number of nitrogen functional groups attached to an aromatic ring is 1. The summed E-state index contributed by atoms with van der Waals surface area (Å²) < 4.78 is 0. The molecule has 3 N–H and O–H groups in total. The highest BCUT2D eigenvalue weighted by Gasteiger charge is 2.16. The molecule has 2 aromatic rings. The standard InChI is InChI=1S/C15H13N3O2/c1-18(11-4-2-10(9-16)3-5-11)15(20)13-8-12(19)6-7-14(13)17/h2-8,19H,17H2,1H3. The number of nitrogens with zero attached hydrogens (tertiary/aromatic N) is 2. The van der Waals surface area contributed by atoms with Crippen LogP contribution in [-0.2, 0) is 0 Å². The predicted octanol–water partition coefficient (Wildman–Crippen LogP) is 2.12. The number of phenols is 1. The lowest BCUT2D eigenvalue weighted by atomic mass is 10.1. The van der Waals surface area contributed by atoms with Gasteiger partial charge in [0.1, 0.15) is 5.75 Å². The molecule has 2 aromatic carbocycles. The Hall–Kier alpha value is -3.00. The highest BCUT2D eigenvalue weighted by molar-refractivity contribution is 6.09. The molecule has 20 heavy (non-hydrogen) atoms. The lowest BCUT2D eigenvalue weighted by Crippen LogP contribution is -2.26. The molecule has 0 radical (unpaired) electrons. The molecular formula is C15H13N3O2. The van der Waals surface area contributed by atoms with Crippen LogP contribution in [0.3, 0.4) is 0 Å². The minimum absolute atomic E-state index is 0.0178.